The molecule has 1 N–H and O–H groups in total. The number of nitrogens with zero attached hydrogens (tertiary/aromatic N) is 1. The second-order valence-electron chi connectivity index (χ2n) is 8.50. The molecule has 0 radical (unpaired) electrons. The van der Waals surface area contributed by atoms with Gasteiger partial charge in [0.15, 0.2) is 0 Å². The molecule has 0 saturated carbocycles. The van der Waals surface area contributed by atoms with Crippen LogP contribution in [0.25, 0.3) is 0 Å². The Balaban J connectivity index is 2.18. The Morgan fingerprint density at radius 2 is 1.64 bits per heavy atom. The van der Waals surface area contributed by atoms with Gasteiger partial charge in [0.05, 0.1) is 15.8 Å². The van der Waals surface area contributed by atoms with Gasteiger partial charge in [0.1, 0.15) is 6.04 Å². The van der Waals surface area contributed by atoms with E-state index in [1.165, 1.54) is 16.7 Å². The molecule has 0 heterocycles. The van der Waals surface area contributed by atoms with E-state index in [0.717, 1.165) is 17.7 Å². The van der Waals surface area contributed by atoms with Gasteiger partial charge in [0.2, 0.25) is 11.8 Å². The lowest BCUT2D eigenvalue weighted by Crippen LogP contribution is -2.51. The highest BCUT2D eigenvalue weighted by molar-refractivity contribution is 7.99. The Bertz CT molecular complexity index is 947. The molecule has 2 rings (SSSR count). The number of rotatable bonds is 11. The number of benzene rings is 2. The summed E-state index contributed by atoms with van der Waals surface area (Å²) in [5.41, 5.74) is 4.46. The highest BCUT2D eigenvalue weighted by Gasteiger charge is 2.29. The zero-order chi connectivity index (χ0) is 24.5. The minimum absolute atomic E-state index is 0.0485. The van der Waals surface area contributed by atoms with Crippen molar-refractivity contribution in [3.05, 3.63) is 68.7 Å². The first-order valence-corrected chi connectivity index (χ1v) is 13.2. The molecule has 0 aliphatic carbocycles. The summed E-state index contributed by atoms with van der Waals surface area (Å²) in [6.45, 7) is 10.4. The summed E-state index contributed by atoms with van der Waals surface area (Å²) in [5.74, 6) is 0.841. The van der Waals surface area contributed by atoms with Crippen molar-refractivity contribution < 1.29 is 9.59 Å². The summed E-state index contributed by atoms with van der Waals surface area (Å²) >= 11 is 13.8. The third kappa shape index (κ3) is 8.55. The number of halogens is 2. The van der Waals surface area contributed by atoms with Gasteiger partial charge in [0.25, 0.3) is 0 Å². The zero-order valence-corrected chi connectivity index (χ0v) is 22.4. The highest BCUT2D eigenvalue weighted by Crippen LogP contribution is 2.25. The van der Waals surface area contributed by atoms with Crippen molar-refractivity contribution in [2.45, 2.75) is 71.8 Å². The van der Waals surface area contributed by atoms with Crippen LogP contribution in [-0.2, 0) is 21.9 Å². The summed E-state index contributed by atoms with van der Waals surface area (Å²) in [7, 11) is 0. The van der Waals surface area contributed by atoms with E-state index in [0.29, 0.717) is 28.8 Å². The predicted molar refractivity (Wildman–Crippen MR) is 141 cm³/mol. The van der Waals surface area contributed by atoms with Gasteiger partial charge in [-0.15, -0.1) is 11.8 Å². The molecule has 180 valence electrons. The zero-order valence-electron chi connectivity index (χ0n) is 20.1. The number of carbonyl (C=O) groups excluding carboxylic acids is 2. The predicted octanol–water partition coefficient (Wildman–Crippen LogP) is 6.57. The van der Waals surface area contributed by atoms with Gasteiger partial charge >= 0.3 is 0 Å². The molecule has 2 aromatic carbocycles. The average molecular weight is 510 g/mol. The molecular weight excluding hydrogens is 475 g/mol. The number of hydrogen-bond donors (Lipinski definition) is 1. The fraction of sp³-hybridized carbons (Fsp3) is 0.462. The molecular formula is C26H34Cl2N2O2S. The minimum Gasteiger partial charge on any atom is -0.352 e. The first-order valence-electron chi connectivity index (χ1n) is 11.3. The molecule has 0 spiro atoms. The largest absolute Gasteiger partial charge is 0.352 e. The van der Waals surface area contributed by atoms with Gasteiger partial charge in [-0.2, -0.15) is 0 Å². The van der Waals surface area contributed by atoms with Crippen LogP contribution in [0.4, 0.5) is 0 Å². The van der Waals surface area contributed by atoms with Crippen LogP contribution < -0.4 is 5.32 Å². The SMILES string of the molecule is CC[C@@H](C)NC(=O)[C@@H](CC)N(Cc1ccc(Cl)c(Cl)c1)C(=O)CSCc1cc(C)cc(C)c1. The van der Waals surface area contributed by atoms with E-state index >= 15 is 0 Å². The Morgan fingerprint density at radius 1 is 0.970 bits per heavy atom. The van der Waals surface area contributed by atoms with Gasteiger partial charge in [-0.1, -0.05) is 72.4 Å². The number of aryl methyl sites for hydroxylation is 2. The van der Waals surface area contributed by atoms with Crippen molar-refractivity contribution in [3.8, 4) is 0 Å². The molecule has 0 bridgehead atoms. The molecule has 2 aromatic rings. The summed E-state index contributed by atoms with van der Waals surface area (Å²) < 4.78 is 0. The van der Waals surface area contributed by atoms with Gasteiger partial charge in [-0.3, -0.25) is 9.59 Å². The summed E-state index contributed by atoms with van der Waals surface area (Å²) in [6.07, 6.45) is 1.35. The topological polar surface area (TPSA) is 49.4 Å². The first kappa shape index (κ1) is 27.6. The van der Waals surface area contributed by atoms with Crippen LogP contribution in [0.2, 0.25) is 10.0 Å². The van der Waals surface area contributed by atoms with Crippen molar-refractivity contribution >= 4 is 46.8 Å². The Hall–Kier alpha value is -1.69. The lowest BCUT2D eigenvalue weighted by molar-refractivity contribution is -0.139. The molecule has 0 aliphatic heterocycles. The Kier molecular flexibility index (Phi) is 11.1. The van der Waals surface area contributed by atoms with E-state index in [9.17, 15) is 9.59 Å². The third-order valence-electron chi connectivity index (χ3n) is 5.50. The van der Waals surface area contributed by atoms with Gasteiger partial charge in [0, 0.05) is 18.3 Å². The van der Waals surface area contributed by atoms with Crippen LogP contribution in [0.1, 0.15) is 55.9 Å². The summed E-state index contributed by atoms with van der Waals surface area (Å²) in [4.78, 5) is 28.0. The fourth-order valence-corrected chi connectivity index (χ4v) is 4.85. The van der Waals surface area contributed by atoms with Crippen LogP contribution in [0, 0.1) is 13.8 Å². The molecule has 2 amide bonds. The van der Waals surface area contributed by atoms with Crippen LogP contribution in [-0.4, -0.2) is 34.6 Å². The normalized spacial score (nSPS) is 12.8. The van der Waals surface area contributed by atoms with Gasteiger partial charge in [-0.05, 0) is 56.9 Å². The van der Waals surface area contributed by atoms with Crippen molar-refractivity contribution in [2.75, 3.05) is 5.75 Å². The van der Waals surface area contributed by atoms with E-state index < -0.39 is 6.04 Å². The highest BCUT2D eigenvalue weighted by atomic mass is 35.5. The lowest BCUT2D eigenvalue weighted by atomic mass is 10.1. The maximum absolute atomic E-state index is 13.3. The molecule has 0 fully saturated rings. The maximum atomic E-state index is 13.3. The molecule has 7 heteroatoms. The van der Waals surface area contributed by atoms with Gasteiger partial charge in [-0.25, -0.2) is 0 Å². The fourth-order valence-electron chi connectivity index (χ4n) is 3.69. The molecule has 0 aliphatic rings. The van der Waals surface area contributed by atoms with Crippen LogP contribution in [0.5, 0.6) is 0 Å². The van der Waals surface area contributed by atoms with Crippen LogP contribution in [0.3, 0.4) is 0 Å². The molecule has 2 atom stereocenters. The molecule has 33 heavy (non-hydrogen) atoms. The lowest BCUT2D eigenvalue weighted by Gasteiger charge is -2.31. The summed E-state index contributed by atoms with van der Waals surface area (Å²) in [5, 5.41) is 3.92. The maximum Gasteiger partial charge on any atom is 0.243 e. The van der Waals surface area contributed by atoms with Crippen molar-refractivity contribution in [2.24, 2.45) is 0 Å². The molecule has 0 aromatic heterocycles. The van der Waals surface area contributed by atoms with E-state index in [1.54, 1.807) is 28.8 Å². The van der Waals surface area contributed by atoms with E-state index in [4.69, 9.17) is 23.2 Å². The monoisotopic (exact) mass is 508 g/mol. The van der Waals surface area contributed by atoms with E-state index in [2.05, 4.69) is 37.4 Å². The number of hydrogen-bond acceptors (Lipinski definition) is 3. The third-order valence-corrected chi connectivity index (χ3v) is 7.23. The Morgan fingerprint density at radius 3 is 2.21 bits per heavy atom. The van der Waals surface area contributed by atoms with E-state index in [-0.39, 0.29) is 17.9 Å². The Labute approximate surface area is 212 Å². The standard InChI is InChI=1S/C26H34Cl2N2O2S/c1-6-19(5)29-26(32)24(7-2)30(14-20-8-9-22(27)23(28)13-20)25(31)16-33-15-21-11-17(3)10-18(4)12-21/h8-13,19,24H,6-7,14-16H2,1-5H3,(H,29,32)/t19-,24-/m1/s1. The number of nitrogens with one attached hydrogen (secondary N) is 1. The minimum atomic E-state index is -0.553. The number of carbonyl (C=O) groups is 2. The van der Waals surface area contributed by atoms with E-state index in [1.807, 2.05) is 26.8 Å². The summed E-state index contributed by atoms with van der Waals surface area (Å²) in [6, 6.07) is 11.2. The second-order valence-corrected chi connectivity index (χ2v) is 10.3. The molecule has 0 unspecified atom stereocenters. The van der Waals surface area contributed by atoms with Crippen molar-refractivity contribution in [1.82, 2.24) is 10.2 Å². The molecule has 0 saturated heterocycles. The molecule has 4 nitrogen and oxygen atoms in total. The number of amides is 2. The van der Waals surface area contributed by atoms with Crippen molar-refractivity contribution in [1.29, 1.82) is 0 Å². The smallest absolute Gasteiger partial charge is 0.243 e. The quantitative estimate of drug-likeness (QED) is 0.373. The second kappa shape index (κ2) is 13.3. The van der Waals surface area contributed by atoms with Crippen LogP contribution in [0.15, 0.2) is 36.4 Å². The van der Waals surface area contributed by atoms with Crippen LogP contribution >= 0.6 is 35.0 Å². The van der Waals surface area contributed by atoms with Gasteiger partial charge < -0.3 is 10.2 Å². The average Bonchev–Trinajstić information content (AvgIpc) is 2.75. The first-order chi connectivity index (χ1) is 15.6. The van der Waals surface area contributed by atoms with Crippen molar-refractivity contribution in [3.63, 3.8) is 0 Å². The number of thioether (sulfide) groups is 1.